The van der Waals surface area contributed by atoms with Crippen LogP contribution in [0.4, 0.5) is 0 Å². The number of nitrogens with one attached hydrogen (secondary N) is 1. The molecule has 23 heavy (non-hydrogen) atoms. The maximum absolute atomic E-state index is 11.7. The highest BCUT2D eigenvalue weighted by molar-refractivity contribution is 5.96. The van der Waals surface area contributed by atoms with Gasteiger partial charge < -0.3 is 19.7 Å². The summed E-state index contributed by atoms with van der Waals surface area (Å²) in [5, 5.41) is 17.0. The van der Waals surface area contributed by atoms with Crippen LogP contribution in [0.3, 0.4) is 0 Å². The van der Waals surface area contributed by atoms with Crippen molar-refractivity contribution in [3.63, 3.8) is 0 Å². The molecular weight excluding hydrogens is 296 g/mol. The molecule has 0 bridgehead atoms. The summed E-state index contributed by atoms with van der Waals surface area (Å²) in [4.78, 5) is 11.7. The number of benzene rings is 1. The Labute approximate surface area is 134 Å². The maximum Gasteiger partial charge on any atom is 0.341 e. The number of hydrogen-bond donors (Lipinski definition) is 2. The van der Waals surface area contributed by atoms with E-state index in [1.165, 1.54) is 6.42 Å². The van der Waals surface area contributed by atoms with Crippen molar-refractivity contribution >= 4 is 5.97 Å². The molecule has 1 aliphatic rings. The number of ether oxygens (including phenoxy) is 1. The summed E-state index contributed by atoms with van der Waals surface area (Å²) in [6, 6.07) is 7.33. The second kappa shape index (κ2) is 6.42. The number of nitrogens with zero attached hydrogens (tertiary/aromatic N) is 1. The number of hydrogen-bond acceptors (Lipinski definition) is 5. The Bertz CT molecular complexity index is 689. The van der Waals surface area contributed by atoms with Gasteiger partial charge in [0.25, 0.3) is 0 Å². The molecule has 1 heterocycles. The third kappa shape index (κ3) is 3.07. The number of carboxylic acid groups (broad SMARTS) is 1. The molecule has 1 atom stereocenters. The van der Waals surface area contributed by atoms with Crippen LogP contribution in [-0.2, 0) is 0 Å². The van der Waals surface area contributed by atoms with Gasteiger partial charge in [0.1, 0.15) is 17.0 Å². The van der Waals surface area contributed by atoms with Gasteiger partial charge in [-0.15, -0.1) is 0 Å². The van der Waals surface area contributed by atoms with E-state index >= 15 is 0 Å². The van der Waals surface area contributed by atoms with E-state index in [1.54, 1.807) is 31.4 Å². The first-order valence-electron chi connectivity index (χ1n) is 7.73. The molecule has 0 radical (unpaired) electrons. The van der Waals surface area contributed by atoms with E-state index in [2.05, 4.69) is 10.5 Å². The molecule has 6 nitrogen and oxygen atoms in total. The molecule has 1 saturated carbocycles. The lowest BCUT2D eigenvalue weighted by Gasteiger charge is -2.29. The van der Waals surface area contributed by atoms with Crippen LogP contribution in [0.2, 0.25) is 0 Å². The summed E-state index contributed by atoms with van der Waals surface area (Å²) in [7, 11) is 1.58. The first kappa shape index (κ1) is 15.6. The Hall–Kier alpha value is -2.34. The summed E-state index contributed by atoms with van der Waals surface area (Å²) >= 11 is 0. The molecule has 0 spiro atoms. The minimum absolute atomic E-state index is 0.120. The van der Waals surface area contributed by atoms with Crippen molar-refractivity contribution in [1.82, 2.24) is 10.5 Å². The highest BCUT2D eigenvalue weighted by Crippen LogP contribution is 2.31. The molecule has 1 fully saturated rings. The number of methoxy groups -OCH3 is 1. The first-order valence-corrected chi connectivity index (χ1v) is 7.73. The minimum atomic E-state index is -1.03. The fourth-order valence-corrected chi connectivity index (χ4v) is 2.76. The predicted molar refractivity (Wildman–Crippen MR) is 84.6 cm³/mol. The summed E-state index contributed by atoms with van der Waals surface area (Å²) in [6.45, 7) is 1.91. The van der Waals surface area contributed by atoms with E-state index in [0.29, 0.717) is 28.8 Å². The molecule has 3 rings (SSSR count). The maximum atomic E-state index is 11.7. The van der Waals surface area contributed by atoms with Crippen molar-refractivity contribution in [3.05, 3.63) is 35.6 Å². The second-order valence-corrected chi connectivity index (χ2v) is 5.82. The van der Waals surface area contributed by atoms with Crippen LogP contribution in [-0.4, -0.2) is 29.4 Å². The molecule has 1 aromatic heterocycles. The van der Waals surface area contributed by atoms with Gasteiger partial charge in [-0.25, -0.2) is 4.79 Å². The number of aromatic carboxylic acids is 1. The highest BCUT2D eigenvalue weighted by Gasteiger charge is 2.29. The molecule has 2 aromatic rings. The van der Waals surface area contributed by atoms with Gasteiger partial charge in [0, 0.05) is 11.6 Å². The smallest absolute Gasteiger partial charge is 0.341 e. The molecule has 0 saturated heterocycles. The van der Waals surface area contributed by atoms with Gasteiger partial charge in [-0.1, -0.05) is 11.6 Å². The molecule has 0 aliphatic heterocycles. The first-order chi connectivity index (χ1) is 11.1. The van der Waals surface area contributed by atoms with Crippen LogP contribution >= 0.6 is 0 Å². The van der Waals surface area contributed by atoms with E-state index in [4.69, 9.17) is 9.26 Å². The van der Waals surface area contributed by atoms with E-state index in [1.807, 2.05) is 6.92 Å². The van der Waals surface area contributed by atoms with Gasteiger partial charge in [-0.3, -0.25) is 0 Å². The van der Waals surface area contributed by atoms with E-state index in [9.17, 15) is 9.90 Å². The minimum Gasteiger partial charge on any atom is -0.497 e. The number of carbonyl (C=O) groups is 1. The Balaban J connectivity index is 1.92. The second-order valence-electron chi connectivity index (χ2n) is 5.82. The highest BCUT2D eigenvalue weighted by atomic mass is 16.5. The molecule has 0 amide bonds. The third-order valence-electron chi connectivity index (χ3n) is 4.28. The monoisotopic (exact) mass is 316 g/mol. The number of rotatable bonds is 6. The van der Waals surface area contributed by atoms with E-state index in [0.717, 1.165) is 12.8 Å². The molecule has 1 aliphatic carbocycles. The molecule has 0 unspecified atom stereocenters. The van der Waals surface area contributed by atoms with Gasteiger partial charge in [0.05, 0.1) is 13.2 Å². The topological polar surface area (TPSA) is 84.6 Å². The van der Waals surface area contributed by atoms with Crippen LogP contribution in [0.25, 0.3) is 11.3 Å². The summed E-state index contributed by atoms with van der Waals surface area (Å²) in [6.07, 6.45) is 3.45. The van der Waals surface area contributed by atoms with Crippen molar-refractivity contribution in [1.29, 1.82) is 0 Å². The van der Waals surface area contributed by atoms with Crippen molar-refractivity contribution in [2.45, 2.75) is 38.3 Å². The zero-order valence-electron chi connectivity index (χ0n) is 13.2. The van der Waals surface area contributed by atoms with E-state index < -0.39 is 5.97 Å². The fraction of sp³-hybridized carbons (Fsp3) is 0.412. The number of carboxylic acids is 1. The lowest BCUT2D eigenvalue weighted by Crippen LogP contribution is -2.37. The van der Waals surface area contributed by atoms with Crippen LogP contribution < -0.4 is 10.1 Å². The third-order valence-corrected chi connectivity index (χ3v) is 4.28. The fourth-order valence-electron chi connectivity index (χ4n) is 2.76. The largest absolute Gasteiger partial charge is 0.497 e. The zero-order chi connectivity index (χ0) is 16.4. The van der Waals surface area contributed by atoms with Crippen LogP contribution in [0, 0.1) is 0 Å². The molecule has 6 heteroatoms. The van der Waals surface area contributed by atoms with Crippen LogP contribution in [0.1, 0.15) is 48.3 Å². The Morgan fingerprint density at radius 2 is 2.09 bits per heavy atom. The van der Waals surface area contributed by atoms with Crippen LogP contribution in [0.5, 0.6) is 5.75 Å². The average molecular weight is 316 g/mol. The van der Waals surface area contributed by atoms with Crippen molar-refractivity contribution in [2.24, 2.45) is 0 Å². The lowest BCUT2D eigenvalue weighted by molar-refractivity contribution is 0.0693. The Morgan fingerprint density at radius 1 is 1.39 bits per heavy atom. The zero-order valence-corrected chi connectivity index (χ0v) is 13.2. The van der Waals surface area contributed by atoms with Gasteiger partial charge in [-0.05, 0) is 44.0 Å². The van der Waals surface area contributed by atoms with Crippen molar-refractivity contribution in [3.8, 4) is 17.0 Å². The van der Waals surface area contributed by atoms with Crippen molar-refractivity contribution < 1.29 is 19.2 Å². The van der Waals surface area contributed by atoms with Gasteiger partial charge in [0.2, 0.25) is 0 Å². The Kier molecular flexibility index (Phi) is 4.34. The quantitative estimate of drug-likeness (QED) is 0.851. The molecule has 1 aromatic carbocycles. The molecule has 2 N–H and O–H groups in total. The summed E-state index contributed by atoms with van der Waals surface area (Å²) in [5.74, 6) is 0.0407. The van der Waals surface area contributed by atoms with E-state index in [-0.39, 0.29) is 11.6 Å². The number of aromatic nitrogens is 1. The molecule has 122 valence electrons. The van der Waals surface area contributed by atoms with Gasteiger partial charge in [-0.2, -0.15) is 0 Å². The normalized spacial score (nSPS) is 15.9. The SMILES string of the molecule is COc1ccc(-c2noc([C@@H](C)NC3CCC3)c2C(=O)O)cc1. The Morgan fingerprint density at radius 3 is 2.61 bits per heavy atom. The van der Waals surface area contributed by atoms with Gasteiger partial charge >= 0.3 is 5.97 Å². The van der Waals surface area contributed by atoms with Gasteiger partial charge in [0.15, 0.2) is 5.76 Å². The standard InChI is InChI=1S/C17H20N2O4/c1-10(18-12-4-3-5-12)16-14(17(20)21)15(19-23-16)11-6-8-13(22-2)9-7-11/h6-10,12,18H,3-5H2,1-2H3,(H,20,21)/t10-/m1/s1. The van der Waals surface area contributed by atoms with Crippen molar-refractivity contribution in [2.75, 3.05) is 7.11 Å². The predicted octanol–water partition coefficient (Wildman–Crippen LogP) is 3.25. The summed E-state index contributed by atoms with van der Waals surface area (Å²) in [5.41, 5.74) is 1.15. The average Bonchev–Trinajstić information content (AvgIpc) is 2.96. The lowest BCUT2D eigenvalue weighted by atomic mass is 9.92. The molecular formula is C17H20N2O4. The summed E-state index contributed by atoms with van der Waals surface area (Å²) < 4.78 is 10.5. The van der Waals surface area contributed by atoms with Crippen LogP contribution in [0.15, 0.2) is 28.8 Å².